The van der Waals surface area contributed by atoms with Crippen LogP contribution < -0.4 is 11.1 Å². The highest BCUT2D eigenvalue weighted by atomic mass is 16.5. The molecule has 4 N–H and O–H groups in total. The van der Waals surface area contributed by atoms with Crippen molar-refractivity contribution in [2.24, 2.45) is 21.1 Å². The predicted octanol–water partition coefficient (Wildman–Crippen LogP) is 2.91. The molecule has 2 aliphatic rings. The summed E-state index contributed by atoms with van der Waals surface area (Å²) in [7, 11) is 0. The van der Waals surface area contributed by atoms with E-state index >= 15 is 0 Å². The largest absolute Gasteiger partial charge is 0.411 e. The third kappa shape index (κ3) is 3.51. The molecular weight excluding hydrogens is 354 g/mol. The molecule has 4 rings (SSSR count). The topological polar surface area (TPSA) is 113 Å². The Morgan fingerprint density at radius 1 is 1.21 bits per heavy atom. The Morgan fingerprint density at radius 3 is 2.61 bits per heavy atom. The number of ether oxygens (including phenoxy) is 1. The molecule has 0 radical (unpaired) electrons. The second-order valence-electron chi connectivity index (χ2n) is 7.21. The zero-order valence-electron chi connectivity index (χ0n) is 15.5. The van der Waals surface area contributed by atoms with Gasteiger partial charge in [-0.2, -0.15) is 4.99 Å². The molecule has 2 aromatic rings. The van der Waals surface area contributed by atoms with Gasteiger partial charge in [0.1, 0.15) is 0 Å². The van der Waals surface area contributed by atoms with E-state index < -0.39 is 12.1 Å². The monoisotopic (exact) mass is 375 g/mol. The van der Waals surface area contributed by atoms with Crippen molar-refractivity contribution in [3.63, 3.8) is 0 Å². The lowest BCUT2D eigenvalue weighted by Gasteiger charge is -2.12. The van der Waals surface area contributed by atoms with Crippen LogP contribution in [0.3, 0.4) is 0 Å². The lowest BCUT2D eigenvalue weighted by atomic mass is 10.0. The summed E-state index contributed by atoms with van der Waals surface area (Å²) in [6.07, 6.45) is 0.658. The van der Waals surface area contributed by atoms with Gasteiger partial charge in [-0.15, -0.1) is 0 Å². The number of anilines is 1. The Morgan fingerprint density at radius 2 is 1.89 bits per heavy atom. The highest BCUT2D eigenvalue weighted by molar-refractivity contribution is 6.19. The fraction of sp³-hybridized carbons (Fsp3) is 0.238. The van der Waals surface area contributed by atoms with E-state index in [2.05, 4.69) is 15.3 Å². The first-order valence-corrected chi connectivity index (χ1v) is 9.10. The van der Waals surface area contributed by atoms with Crippen molar-refractivity contribution in [1.29, 1.82) is 5.41 Å². The van der Waals surface area contributed by atoms with Crippen LogP contribution in [0.4, 0.5) is 5.69 Å². The first-order chi connectivity index (χ1) is 13.5. The van der Waals surface area contributed by atoms with Gasteiger partial charge in [0.2, 0.25) is 6.17 Å². The number of benzene rings is 2. The Labute approximate surface area is 162 Å². The van der Waals surface area contributed by atoms with Crippen molar-refractivity contribution in [2.45, 2.75) is 25.9 Å². The quantitative estimate of drug-likeness (QED) is 0.566. The van der Waals surface area contributed by atoms with Gasteiger partial charge in [0.25, 0.3) is 11.9 Å². The van der Waals surface area contributed by atoms with Crippen LogP contribution in [0.5, 0.6) is 0 Å². The van der Waals surface area contributed by atoms with Gasteiger partial charge in [0.15, 0.2) is 5.90 Å². The Balaban J connectivity index is 1.70. The second-order valence-corrected chi connectivity index (χ2v) is 7.21. The van der Waals surface area contributed by atoms with Crippen LogP contribution in [0, 0.1) is 10.8 Å². The van der Waals surface area contributed by atoms with E-state index in [0.717, 1.165) is 24.0 Å². The predicted molar refractivity (Wildman–Crippen MR) is 109 cm³/mol. The molecule has 1 atom stereocenters. The maximum Gasteiger partial charge on any atom is 0.291 e. The van der Waals surface area contributed by atoms with E-state index in [1.165, 1.54) is 0 Å². The lowest BCUT2D eigenvalue weighted by molar-refractivity contribution is -0.117. The molecule has 1 heterocycles. The van der Waals surface area contributed by atoms with Crippen LogP contribution >= 0.6 is 0 Å². The highest BCUT2D eigenvalue weighted by Gasteiger charge is 2.44. The van der Waals surface area contributed by atoms with Gasteiger partial charge in [-0.05, 0) is 18.9 Å². The van der Waals surface area contributed by atoms with Gasteiger partial charge in [-0.3, -0.25) is 10.2 Å². The van der Waals surface area contributed by atoms with Gasteiger partial charge >= 0.3 is 0 Å². The summed E-state index contributed by atoms with van der Waals surface area (Å²) in [6, 6.07) is 16.8. The average Bonchev–Trinajstić information content (AvgIpc) is 3.46. The maximum absolute atomic E-state index is 12.7. The molecule has 0 saturated heterocycles. The van der Waals surface area contributed by atoms with Crippen LogP contribution in [0.2, 0.25) is 0 Å². The van der Waals surface area contributed by atoms with E-state index in [-0.39, 0.29) is 17.3 Å². The van der Waals surface area contributed by atoms with Crippen molar-refractivity contribution < 1.29 is 9.53 Å². The number of nitrogens with one attached hydrogen (secondary N) is 2. The normalized spacial score (nSPS) is 20.3. The SMILES string of the molecule is CC1(C(=N)O/C(N)=N/C2N=C(c3ccccc3)c3ccccc3NC2=O)CC1. The molecule has 7 heteroatoms. The molecule has 1 aliphatic carbocycles. The summed E-state index contributed by atoms with van der Waals surface area (Å²) >= 11 is 0. The fourth-order valence-corrected chi connectivity index (χ4v) is 2.95. The zero-order chi connectivity index (χ0) is 19.7. The van der Waals surface area contributed by atoms with Gasteiger partial charge < -0.3 is 15.8 Å². The van der Waals surface area contributed by atoms with Crippen molar-refractivity contribution in [3.05, 3.63) is 65.7 Å². The van der Waals surface area contributed by atoms with E-state index in [9.17, 15) is 4.79 Å². The van der Waals surface area contributed by atoms with Gasteiger partial charge in [-0.25, -0.2) is 4.99 Å². The molecule has 0 spiro atoms. The van der Waals surface area contributed by atoms with E-state index in [4.69, 9.17) is 15.9 Å². The second kappa shape index (κ2) is 6.92. The molecule has 1 saturated carbocycles. The van der Waals surface area contributed by atoms with Gasteiger partial charge in [0, 0.05) is 16.5 Å². The molecule has 0 aromatic heterocycles. The number of rotatable bonds is 3. The minimum Gasteiger partial charge on any atom is -0.411 e. The molecule has 1 aliphatic heterocycles. The Kier molecular flexibility index (Phi) is 4.43. The third-order valence-corrected chi connectivity index (χ3v) is 4.98. The molecule has 7 nitrogen and oxygen atoms in total. The summed E-state index contributed by atoms with van der Waals surface area (Å²) in [5.74, 6) is -0.340. The van der Waals surface area contributed by atoms with Crippen LogP contribution in [0.1, 0.15) is 30.9 Å². The summed E-state index contributed by atoms with van der Waals surface area (Å²) in [5, 5.41) is 10.9. The van der Waals surface area contributed by atoms with Crippen LogP contribution in [0.25, 0.3) is 0 Å². The minimum atomic E-state index is -1.11. The number of hydrogen-bond donors (Lipinski definition) is 3. The number of nitrogens with two attached hydrogens (primary N) is 1. The molecule has 1 amide bonds. The van der Waals surface area contributed by atoms with Crippen LogP contribution in [-0.2, 0) is 9.53 Å². The standard InChI is InChI=1S/C21H21N5O2/c1-21(11-12-21)19(22)28-20(23)26-17-18(27)24-15-10-6-5-9-14(15)16(25-17)13-7-3-2-4-8-13/h2-10,17,22H,11-12H2,1H3,(H2,23,26)(H,24,27). The van der Waals surface area contributed by atoms with E-state index in [1.54, 1.807) is 0 Å². The number of amides is 1. The molecule has 1 unspecified atom stereocenters. The van der Waals surface area contributed by atoms with E-state index in [1.807, 2.05) is 61.5 Å². The number of carbonyl (C=O) groups is 1. The first-order valence-electron chi connectivity index (χ1n) is 9.10. The molecule has 142 valence electrons. The van der Waals surface area contributed by atoms with Crippen molar-refractivity contribution in [3.8, 4) is 0 Å². The molecule has 2 aromatic carbocycles. The lowest BCUT2D eigenvalue weighted by Crippen LogP contribution is -2.30. The van der Waals surface area contributed by atoms with Gasteiger partial charge in [0.05, 0.1) is 11.4 Å². The van der Waals surface area contributed by atoms with Crippen LogP contribution in [0.15, 0.2) is 64.6 Å². The number of fused-ring (bicyclic) bond motifs is 1. The van der Waals surface area contributed by atoms with Crippen molar-refractivity contribution in [1.82, 2.24) is 0 Å². The van der Waals surface area contributed by atoms with Crippen molar-refractivity contribution in [2.75, 3.05) is 5.32 Å². The number of hydrogen-bond acceptors (Lipinski definition) is 5. The number of carbonyl (C=O) groups excluding carboxylic acids is 1. The Bertz CT molecular complexity index is 993. The molecular formula is C21H21N5O2. The number of aliphatic imine (C=N–C) groups is 2. The summed E-state index contributed by atoms with van der Waals surface area (Å²) < 4.78 is 5.35. The summed E-state index contributed by atoms with van der Waals surface area (Å²) in [6.45, 7) is 1.93. The number of amidine groups is 1. The first kappa shape index (κ1) is 17.9. The molecule has 28 heavy (non-hydrogen) atoms. The summed E-state index contributed by atoms with van der Waals surface area (Å²) in [4.78, 5) is 21.4. The summed E-state index contributed by atoms with van der Waals surface area (Å²) in [5.41, 5.74) is 8.56. The number of para-hydroxylation sites is 1. The fourth-order valence-electron chi connectivity index (χ4n) is 2.95. The molecule has 1 fully saturated rings. The number of nitrogens with zero attached hydrogens (tertiary/aromatic N) is 2. The highest BCUT2D eigenvalue weighted by Crippen LogP contribution is 2.46. The smallest absolute Gasteiger partial charge is 0.291 e. The average molecular weight is 375 g/mol. The number of benzodiazepines with no additional fused rings is 1. The Hall–Kier alpha value is -3.48. The molecule has 0 bridgehead atoms. The van der Waals surface area contributed by atoms with Crippen LogP contribution in [-0.4, -0.2) is 29.7 Å². The minimum absolute atomic E-state index is 0.0679. The zero-order valence-corrected chi connectivity index (χ0v) is 15.5. The van der Waals surface area contributed by atoms with Crippen molar-refractivity contribution >= 4 is 29.2 Å². The van der Waals surface area contributed by atoms with Gasteiger partial charge in [-0.1, -0.05) is 55.5 Å². The maximum atomic E-state index is 12.7. The van der Waals surface area contributed by atoms with E-state index in [0.29, 0.717) is 11.4 Å². The third-order valence-electron chi connectivity index (χ3n) is 4.98.